The topological polar surface area (TPSA) is 64.4 Å². The number of amides is 1. The highest BCUT2D eigenvalue weighted by Gasteiger charge is 2.25. The first-order chi connectivity index (χ1) is 9.54. The highest BCUT2D eigenvalue weighted by atomic mass is 19.3. The Balaban J connectivity index is 1.84. The van der Waals surface area contributed by atoms with Gasteiger partial charge in [-0.05, 0) is 43.0 Å². The lowest BCUT2D eigenvalue weighted by Crippen LogP contribution is -2.28. The second-order valence-corrected chi connectivity index (χ2v) is 5.01. The number of halogens is 2. The Morgan fingerprint density at radius 3 is 2.60 bits per heavy atom. The van der Waals surface area contributed by atoms with Crippen LogP contribution in [0.25, 0.3) is 0 Å². The molecule has 1 saturated carbocycles. The van der Waals surface area contributed by atoms with Crippen molar-refractivity contribution in [2.75, 3.05) is 5.32 Å². The third-order valence-corrected chi connectivity index (χ3v) is 3.53. The van der Waals surface area contributed by atoms with Crippen LogP contribution in [-0.2, 0) is 4.79 Å². The molecule has 20 heavy (non-hydrogen) atoms. The van der Waals surface area contributed by atoms with Crippen molar-refractivity contribution in [3.05, 3.63) is 24.3 Å². The molecular formula is C14H18F2N2O2. The average molecular weight is 284 g/mol. The van der Waals surface area contributed by atoms with Gasteiger partial charge in [-0.25, -0.2) is 0 Å². The van der Waals surface area contributed by atoms with Gasteiger partial charge in [0.1, 0.15) is 5.75 Å². The maximum absolute atomic E-state index is 12.0. The molecule has 1 aliphatic rings. The normalized spacial score (nSPS) is 22.0. The van der Waals surface area contributed by atoms with Gasteiger partial charge in [0, 0.05) is 18.2 Å². The molecule has 1 fully saturated rings. The van der Waals surface area contributed by atoms with Crippen LogP contribution in [0, 0.1) is 5.92 Å². The Kier molecular flexibility index (Phi) is 4.89. The molecule has 3 N–H and O–H groups in total. The van der Waals surface area contributed by atoms with Gasteiger partial charge in [0.05, 0.1) is 0 Å². The number of anilines is 1. The van der Waals surface area contributed by atoms with Gasteiger partial charge in [0.2, 0.25) is 5.91 Å². The van der Waals surface area contributed by atoms with Gasteiger partial charge in [-0.15, -0.1) is 0 Å². The maximum atomic E-state index is 12.0. The second-order valence-electron chi connectivity index (χ2n) is 5.01. The van der Waals surface area contributed by atoms with E-state index in [1.165, 1.54) is 24.3 Å². The molecule has 0 unspecified atom stereocenters. The fraction of sp³-hybridized carbons (Fsp3) is 0.500. The molecule has 110 valence electrons. The molecule has 2 rings (SSSR count). The van der Waals surface area contributed by atoms with Crippen LogP contribution in [-0.4, -0.2) is 18.6 Å². The minimum absolute atomic E-state index is 0.0656. The number of alkyl halides is 2. The number of hydrogen-bond acceptors (Lipinski definition) is 3. The lowest BCUT2D eigenvalue weighted by Gasteiger charge is -2.14. The van der Waals surface area contributed by atoms with E-state index < -0.39 is 6.61 Å². The predicted octanol–water partition coefficient (Wildman–Crippen LogP) is 2.74. The highest BCUT2D eigenvalue weighted by molar-refractivity contribution is 5.90. The monoisotopic (exact) mass is 284 g/mol. The maximum Gasteiger partial charge on any atom is 0.387 e. The zero-order valence-corrected chi connectivity index (χ0v) is 11.0. The molecule has 0 radical (unpaired) electrons. The quantitative estimate of drug-likeness (QED) is 0.873. The standard InChI is InChI=1S/C14H18F2N2O2/c15-14(16)20-11-6-4-10(5-7-11)18-13(19)8-9-2-1-3-12(9)17/h4-7,9,12,14H,1-3,8,17H2,(H,18,19)/t9-,12+/m0/s1. The van der Waals surface area contributed by atoms with Gasteiger partial charge in [-0.2, -0.15) is 8.78 Å². The smallest absolute Gasteiger partial charge is 0.387 e. The summed E-state index contributed by atoms with van der Waals surface area (Å²) in [4.78, 5) is 11.9. The molecule has 0 heterocycles. The average Bonchev–Trinajstić information content (AvgIpc) is 2.77. The molecular weight excluding hydrogens is 266 g/mol. The van der Waals surface area contributed by atoms with Crippen molar-refractivity contribution in [1.29, 1.82) is 0 Å². The molecule has 0 aliphatic heterocycles. The fourth-order valence-electron chi connectivity index (χ4n) is 2.49. The van der Waals surface area contributed by atoms with Crippen LogP contribution in [0.5, 0.6) is 5.75 Å². The van der Waals surface area contributed by atoms with Gasteiger partial charge < -0.3 is 15.8 Å². The van der Waals surface area contributed by atoms with Crippen LogP contribution in [0.1, 0.15) is 25.7 Å². The number of nitrogens with two attached hydrogens (primary N) is 1. The van der Waals surface area contributed by atoms with E-state index in [2.05, 4.69) is 10.1 Å². The first-order valence-electron chi connectivity index (χ1n) is 6.65. The molecule has 0 bridgehead atoms. The van der Waals surface area contributed by atoms with Gasteiger partial charge >= 0.3 is 6.61 Å². The molecule has 0 aromatic heterocycles. The van der Waals surface area contributed by atoms with E-state index in [1.54, 1.807) is 0 Å². The zero-order chi connectivity index (χ0) is 14.5. The van der Waals surface area contributed by atoms with Gasteiger partial charge in [0.15, 0.2) is 0 Å². The first-order valence-corrected chi connectivity index (χ1v) is 6.65. The van der Waals surface area contributed by atoms with E-state index in [9.17, 15) is 13.6 Å². The van der Waals surface area contributed by atoms with Crippen LogP contribution in [0.15, 0.2) is 24.3 Å². The van der Waals surface area contributed by atoms with E-state index in [0.717, 1.165) is 19.3 Å². The third kappa shape index (κ3) is 4.16. The number of ether oxygens (including phenoxy) is 1. The van der Waals surface area contributed by atoms with Crippen LogP contribution in [0.3, 0.4) is 0 Å². The van der Waals surface area contributed by atoms with Crippen molar-refractivity contribution in [2.45, 2.75) is 38.3 Å². The third-order valence-electron chi connectivity index (χ3n) is 3.53. The Labute approximate surface area is 116 Å². The van der Waals surface area contributed by atoms with E-state index in [4.69, 9.17) is 5.73 Å². The summed E-state index contributed by atoms with van der Waals surface area (Å²) in [6.07, 6.45) is 3.42. The summed E-state index contributed by atoms with van der Waals surface area (Å²) in [5.41, 5.74) is 6.48. The fourth-order valence-corrected chi connectivity index (χ4v) is 2.49. The first kappa shape index (κ1) is 14.7. The minimum atomic E-state index is -2.85. The van der Waals surface area contributed by atoms with Gasteiger partial charge in [-0.1, -0.05) is 6.42 Å². The van der Waals surface area contributed by atoms with Crippen molar-refractivity contribution in [1.82, 2.24) is 0 Å². The Morgan fingerprint density at radius 1 is 1.35 bits per heavy atom. The van der Waals surface area contributed by atoms with Crippen LogP contribution < -0.4 is 15.8 Å². The SMILES string of the molecule is N[C@@H]1CCC[C@H]1CC(=O)Nc1ccc(OC(F)F)cc1. The van der Waals surface area contributed by atoms with E-state index in [-0.39, 0.29) is 23.6 Å². The molecule has 4 nitrogen and oxygen atoms in total. The molecule has 1 aromatic rings. The summed E-state index contributed by atoms with van der Waals surface area (Å²) < 4.78 is 28.2. The summed E-state index contributed by atoms with van der Waals surface area (Å²) in [5, 5.41) is 2.73. The van der Waals surface area contributed by atoms with Crippen LogP contribution >= 0.6 is 0 Å². The summed E-state index contributed by atoms with van der Waals surface area (Å²) in [6.45, 7) is -2.85. The van der Waals surface area contributed by atoms with Crippen molar-refractivity contribution >= 4 is 11.6 Å². The summed E-state index contributed by atoms with van der Waals surface area (Å²) in [7, 11) is 0. The minimum Gasteiger partial charge on any atom is -0.435 e. The molecule has 6 heteroatoms. The molecule has 1 amide bonds. The Bertz CT molecular complexity index is 451. The lowest BCUT2D eigenvalue weighted by molar-refractivity contribution is -0.117. The molecule has 1 aliphatic carbocycles. The van der Waals surface area contributed by atoms with Gasteiger partial charge in [0.25, 0.3) is 0 Å². The second kappa shape index (κ2) is 6.65. The van der Waals surface area contributed by atoms with Crippen molar-refractivity contribution in [3.8, 4) is 5.75 Å². The van der Waals surface area contributed by atoms with E-state index in [0.29, 0.717) is 12.1 Å². The van der Waals surface area contributed by atoms with Crippen molar-refractivity contribution in [3.63, 3.8) is 0 Å². The van der Waals surface area contributed by atoms with E-state index in [1.807, 2.05) is 0 Å². The van der Waals surface area contributed by atoms with Crippen molar-refractivity contribution < 1.29 is 18.3 Å². The summed E-state index contributed by atoms with van der Waals surface area (Å²) >= 11 is 0. The number of carbonyl (C=O) groups is 1. The zero-order valence-electron chi connectivity index (χ0n) is 11.0. The van der Waals surface area contributed by atoms with Crippen LogP contribution in [0.4, 0.5) is 14.5 Å². The Hall–Kier alpha value is -1.69. The Morgan fingerprint density at radius 2 is 2.05 bits per heavy atom. The molecule has 1 aromatic carbocycles. The number of nitrogens with one attached hydrogen (secondary N) is 1. The van der Waals surface area contributed by atoms with Gasteiger partial charge in [-0.3, -0.25) is 4.79 Å². The van der Waals surface area contributed by atoms with E-state index >= 15 is 0 Å². The number of benzene rings is 1. The lowest BCUT2D eigenvalue weighted by atomic mass is 10.00. The number of hydrogen-bond donors (Lipinski definition) is 2. The summed E-state index contributed by atoms with van der Waals surface area (Å²) in [5.74, 6) is 0.196. The number of rotatable bonds is 5. The predicted molar refractivity (Wildman–Crippen MR) is 71.6 cm³/mol. The summed E-state index contributed by atoms with van der Waals surface area (Å²) in [6, 6.07) is 5.95. The molecule has 2 atom stereocenters. The van der Waals surface area contributed by atoms with Crippen LogP contribution in [0.2, 0.25) is 0 Å². The van der Waals surface area contributed by atoms with Crippen molar-refractivity contribution in [2.24, 2.45) is 11.7 Å². The largest absolute Gasteiger partial charge is 0.435 e. The number of carbonyl (C=O) groups excluding carboxylic acids is 1. The molecule has 0 saturated heterocycles. The molecule has 0 spiro atoms. The highest BCUT2D eigenvalue weighted by Crippen LogP contribution is 2.27.